The number of methoxy groups -OCH3 is 1. The van der Waals surface area contributed by atoms with Gasteiger partial charge in [0, 0.05) is 18.3 Å². The van der Waals surface area contributed by atoms with E-state index in [2.05, 4.69) is 10.4 Å². The van der Waals surface area contributed by atoms with Gasteiger partial charge in [0.2, 0.25) is 5.91 Å². The maximum Gasteiger partial charge on any atom is 0.328 e. The number of aromatic nitrogens is 2. The zero-order valence-corrected chi connectivity index (χ0v) is 14.4. The fraction of sp³-hybridized carbons (Fsp3) is 0.333. The number of benzene rings is 1. The topological polar surface area (TPSA) is 93.5 Å². The number of anilines is 1. The molecule has 1 atom stereocenters. The van der Waals surface area contributed by atoms with Crippen LogP contribution in [0.25, 0.3) is 0 Å². The lowest BCUT2D eigenvalue weighted by atomic mass is 10.2. The molecule has 26 heavy (non-hydrogen) atoms. The molecule has 1 aliphatic heterocycles. The summed E-state index contributed by atoms with van der Waals surface area (Å²) in [4.78, 5) is 37.9. The molecule has 1 aliphatic rings. The molecule has 0 spiro atoms. The maximum atomic E-state index is 12.5. The van der Waals surface area contributed by atoms with Gasteiger partial charge in [0.15, 0.2) is 0 Å². The molecule has 1 fully saturated rings. The van der Waals surface area contributed by atoms with E-state index in [4.69, 9.17) is 4.74 Å². The first-order valence-corrected chi connectivity index (χ1v) is 8.34. The van der Waals surface area contributed by atoms with Crippen molar-refractivity contribution >= 4 is 23.5 Å². The second-order valence-corrected chi connectivity index (χ2v) is 6.02. The van der Waals surface area contributed by atoms with E-state index in [1.165, 1.54) is 22.9 Å². The van der Waals surface area contributed by atoms with E-state index in [0.717, 1.165) is 6.42 Å². The van der Waals surface area contributed by atoms with Crippen molar-refractivity contribution in [2.24, 2.45) is 0 Å². The number of hydrogen-bond acceptors (Lipinski definition) is 5. The van der Waals surface area contributed by atoms with E-state index in [0.29, 0.717) is 24.2 Å². The summed E-state index contributed by atoms with van der Waals surface area (Å²) in [6.45, 7) is 0.520. The van der Waals surface area contributed by atoms with Crippen LogP contribution in [0.2, 0.25) is 0 Å². The van der Waals surface area contributed by atoms with Crippen molar-refractivity contribution in [3.63, 3.8) is 0 Å². The minimum absolute atomic E-state index is 0.00526. The second kappa shape index (κ2) is 7.81. The molecule has 1 aromatic carbocycles. The number of amides is 2. The third kappa shape index (κ3) is 3.90. The van der Waals surface area contributed by atoms with Crippen LogP contribution in [-0.4, -0.2) is 52.2 Å². The summed E-state index contributed by atoms with van der Waals surface area (Å²) < 4.78 is 6.19. The van der Waals surface area contributed by atoms with Crippen LogP contribution in [0.4, 0.5) is 5.69 Å². The smallest absolute Gasteiger partial charge is 0.328 e. The molecule has 2 aromatic rings. The number of rotatable bonds is 5. The van der Waals surface area contributed by atoms with Crippen molar-refractivity contribution in [1.29, 1.82) is 0 Å². The maximum absolute atomic E-state index is 12.5. The van der Waals surface area contributed by atoms with E-state index in [-0.39, 0.29) is 18.4 Å². The van der Waals surface area contributed by atoms with Crippen LogP contribution in [0.5, 0.6) is 0 Å². The SMILES string of the molecule is COC(=O)[C@@H]1CCCN1C(=O)Cn1cc(NC(=O)c2ccccc2)cn1. The van der Waals surface area contributed by atoms with Gasteiger partial charge in [-0.2, -0.15) is 5.10 Å². The Balaban J connectivity index is 1.60. The summed E-state index contributed by atoms with van der Waals surface area (Å²) in [6, 6.07) is 8.30. The molecule has 1 aromatic heterocycles. The number of carbonyl (C=O) groups is 3. The van der Waals surface area contributed by atoms with Gasteiger partial charge in [-0.05, 0) is 25.0 Å². The Morgan fingerprint density at radius 2 is 2.04 bits per heavy atom. The third-order valence-corrected chi connectivity index (χ3v) is 4.27. The average molecular weight is 356 g/mol. The highest BCUT2D eigenvalue weighted by atomic mass is 16.5. The van der Waals surface area contributed by atoms with Crippen molar-refractivity contribution < 1.29 is 19.1 Å². The van der Waals surface area contributed by atoms with Crippen molar-refractivity contribution in [2.45, 2.75) is 25.4 Å². The molecule has 0 unspecified atom stereocenters. The number of carbonyl (C=O) groups excluding carboxylic acids is 3. The van der Waals surface area contributed by atoms with Crippen LogP contribution in [0.1, 0.15) is 23.2 Å². The molecular formula is C18H20N4O4. The summed E-state index contributed by atoms with van der Waals surface area (Å²) in [6.07, 6.45) is 4.44. The van der Waals surface area contributed by atoms with Crippen molar-refractivity contribution in [1.82, 2.24) is 14.7 Å². The van der Waals surface area contributed by atoms with E-state index in [1.54, 1.807) is 30.5 Å². The number of hydrogen-bond donors (Lipinski definition) is 1. The summed E-state index contributed by atoms with van der Waals surface area (Å²) in [5.41, 5.74) is 1.03. The predicted octanol–water partition coefficient (Wildman–Crippen LogP) is 1.30. The van der Waals surface area contributed by atoms with Gasteiger partial charge in [0.05, 0.1) is 19.0 Å². The molecule has 2 heterocycles. The van der Waals surface area contributed by atoms with Crippen molar-refractivity contribution in [2.75, 3.05) is 19.0 Å². The van der Waals surface area contributed by atoms with Crippen molar-refractivity contribution in [3.05, 3.63) is 48.3 Å². The van der Waals surface area contributed by atoms with Gasteiger partial charge < -0.3 is 15.0 Å². The Labute approximate surface area is 150 Å². The third-order valence-electron chi connectivity index (χ3n) is 4.27. The van der Waals surface area contributed by atoms with Gasteiger partial charge in [-0.3, -0.25) is 14.3 Å². The molecule has 0 saturated carbocycles. The highest BCUT2D eigenvalue weighted by Gasteiger charge is 2.34. The fourth-order valence-electron chi connectivity index (χ4n) is 2.98. The Hall–Kier alpha value is -3.16. The Kier molecular flexibility index (Phi) is 5.31. The first-order valence-electron chi connectivity index (χ1n) is 8.34. The molecule has 0 radical (unpaired) electrons. The Morgan fingerprint density at radius 1 is 1.27 bits per heavy atom. The summed E-state index contributed by atoms with van der Waals surface area (Å²) in [5.74, 6) is -0.851. The largest absolute Gasteiger partial charge is 0.467 e. The van der Waals surface area contributed by atoms with Crippen LogP contribution >= 0.6 is 0 Å². The van der Waals surface area contributed by atoms with Gasteiger partial charge in [0.1, 0.15) is 12.6 Å². The highest BCUT2D eigenvalue weighted by molar-refractivity contribution is 6.04. The lowest BCUT2D eigenvalue weighted by Crippen LogP contribution is -2.42. The van der Waals surface area contributed by atoms with Gasteiger partial charge in [0.25, 0.3) is 5.91 Å². The fourth-order valence-corrected chi connectivity index (χ4v) is 2.98. The predicted molar refractivity (Wildman–Crippen MR) is 93.4 cm³/mol. The number of nitrogens with one attached hydrogen (secondary N) is 1. The molecule has 0 aliphatic carbocycles. The van der Waals surface area contributed by atoms with E-state index >= 15 is 0 Å². The van der Waals surface area contributed by atoms with E-state index in [9.17, 15) is 14.4 Å². The number of nitrogens with zero attached hydrogens (tertiary/aromatic N) is 3. The standard InChI is InChI=1S/C18H20N4O4/c1-26-18(25)15-8-5-9-22(15)16(23)12-21-11-14(10-19-21)20-17(24)13-6-3-2-4-7-13/h2-4,6-7,10-11,15H,5,8-9,12H2,1H3,(H,20,24)/t15-/m0/s1. The monoisotopic (exact) mass is 356 g/mol. The normalized spacial score (nSPS) is 16.3. The van der Waals surface area contributed by atoms with Gasteiger partial charge in [-0.15, -0.1) is 0 Å². The summed E-state index contributed by atoms with van der Waals surface area (Å²) >= 11 is 0. The molecular weight excluding hydrogens is 336 g/mol. The molecule has 8 nitrogen and oxygen atoms in total. The van der Waals surface area contributed by atoms with Crippen molar-refractivity contribution in [3.8, 4) is 0 Å². The first kappa shape index (κ1) is 17.7. The minimum atomic E-state index is -0.527. The molecule has 1 saturated heterocycles. The van der Waals surface area contributed by atoms with E-state index < -0.39 is 12.0 Å². The zero-order valence-electron chi connectivity index (χ0n) is 14.4. The van der Waals surface area contributed by atoms with Gasteiger partial charge in [-0.25, -0.2) is 4.79 Å². The van der Waals surface area contributed by atoms with Crippen LogP contribution in [0, 0.1) is 0 Å². The van der Waals surface area contributed by atoms with E-state index in [1.807, 2.05) is 6.07 Å². The van der Waals surface area contributed by atoms with Crippen LogP contribution in [0.15, 0.2) is 42.7 Å². The summed E-state index contributed by atoms with van der Waals surface area (Å²) in [7, 11) is 1.32. The average Bonchev–Trinajstić information content (AvgIpc) is 3.31. The van der Waals surface area contributed by atoms with Gasteiger partial charge in [-0.1, -0.05) is 18.2 Å². The van der Waals surface area contributed by atoms with Crippen LogP contribution in [0.3, 0.4) is 0 Å². The lowest BCUT2D eigenvalue weighted by molar-refractivity contribution is -0.151. The second-order valence-electron chi connectivity index (χ2n) is 6.02. The molecule has 2 amide bonds. The highest BCUT2D eigenvalue weighted by Crippen LogP contribution is 2.19. The lowest BCUT2D eigenvalue weighted by Gasteiger charge is -2.22. The zero-order chi connectivity index (χ0) is 18.5. The molecule has 136 valence electrons. The molecule has 8 heteroatoms. The van der Waals surface area contributed by atoms with Gasteiger partial charge >= 0.3 is 5.97 Å². The Bertz CT molecular complexity index is 803. The first-order chi connectivity index (χ1) is 12.6. The number of ether oxygens (including phenoxy) is 1. The molecule has 0 bridgehead atoms. The Morgan fingerprint density at radius 3 is 2.77 bits per heavy atom. The quantitative estimate of drug-likeness (QED) is 0.815. The summed E-state index contributed by atoms with van der Waals surface area (Å²) in [5, 5.41) is 6.84. The minimum Gasteiger partial charge on any atom is -0.467 e. The number of likely N-dealkylation sites (tertiary alicyclic amines) is 1. The number of esters is 1. The molecule has 3 rings (SSSR count). The van der Waals surface area contributed by atoms with Crippen LogP contribution < -0.4 is 5.32 Å². The van der Waals surface area contributed by atoms with Crippen LogP contribution in [-0.2, 0) is 20.9 Å². The molecule has 1 N–H and O–H groups in total.